The standard InChI is InChI=1S/C11H11N3O2S/c15-11(16)7-1-2-9-12-10(13-14(9)5-7)8-3-4-17-6-8/h1-2,5,8H,3-4,6H2,(H,15,16). The van der Waals surface area contributed by atoms with Crippen molar-refractivity contribution >= 4 is 23.4 Å². The van der Waals surface area contributed by atoms with Crippen molar-refractivity contribution in [2.45, 2.75) is 12.3 Å². The van der Waals surface area contributed by atoms with Crippen molar-refractivity contribution in [2.24, 2.45) is 0 Å². The zero-order valence-electron chi connectivity index (χ0n) is 9.04. The van der Waals surface area contributed by atoms with Crippen LogP contribution in [0.1, 0.15) is 28.5 Å². The maximum absolute atomic E-state index is 10.8. The monoisotopic (exact) mass is 249 g/mol. The molecule has 88 valence electrons. The van der Waals surface area contributed by atoms with Crippen LogP contribution in [0.2, 0.25) is 0 Å². The highest BCUT2D eigenvalue weighted by Gasteiger charge is 2.22. The van der Waals surface area contributed by atoms with Gasteiger partial charge in [-0.05, 0) is 24.3 Å². The van der Waals surface area contributed by atoms with Crippen LogP contribution < -0.4 is 0 Å². The summed E-state index contributed by atoms with van der Waals surface area (Å²) in [6.45, 7) is 0. The third kappa shape index (κ3) is 1.88. The van der Waals surface area contributed by atoms with E-state index >= 15 is 0 Å². The molecule has 0 amide bonds. The van der Waals surface area contributed by atoms with Crippen molar-refractivity contribution in [2.75, 3.05) is 11.5 Å². The highest BCUT2D eigenvalue weighted by molar-refractivity contribution is 7.99. The molecule has 0 bridgehead atoms. The fraction of sp³-hybridized carbons (Fsp3) is 0.364. The average Bonchev–Trinajstić information content (AvgIpc) is 2.96. The van der Waals surface area contributed by atoms with Crippen LogP contribution in [0.3, 0.4) is 0 Å². The van der Waals surface area contributed by atoms with Gasteiger partial charge in [0, 0.05) is 17.9 Å². The van der Waals surface area contributed by atoms with Gasteiger partial charge in [0.15, 0.2) is 11.5 Å². The van der Waals surface area contributed by atoms with Gasteiger partial charge in [-0.3, -0.25) is 0 Å². The Morgan fingerprint density at radius 3 is 3.12 bits per heavy atom. The minimum atomic E-state index is -0.944. The van der Waals surface area contributed by atoms with Crippen molar-refractivity contribution in [3.05, 3.63) is 29.7 Å². The molecule has 1 N–H and O–H groups in total. The summed E-state index contributed by atoms with van der Waals surface area (Å²) in [7, 11) is 0. The Hall–Kier alpha value is -1.56. The predicted octanol–water partition coefficient (Wildman–Crippen LogP) is 1.65. The SMILES string of the molecule is O=C(O)c1ccc2nc(C3CCSC3)nn2c1. The second kappa shape index (κ2) is 4.03. The van der Waals surface area contributed by atoms with Crippen LogP contribution in [0.25, 0.3) is 5.65 Å². The summed E-state index contributed by atoms with van der Waals surface area (Å²) in [5.74, 6) is 2.51. The first kappa shape index (κ1) is 10.6. The molecule has 1 atom stereocenters. The lowest BCUT2D eigenvalue weighted by atomic mass is 10.1. The van der Waals surface area contributed by atoms with Crippen LogP contribution in [0.15, 0.2) is 18.3 Å². The van der Waals surface area contributed by atoms with E-state index in [0.29, 0.717) is 11.6 Å². The van der Waals surface area contributed by atoms with Gasteiger partial charge in [-0.15, -0.1) is 0 Å². The van der Waals surface area contributed by atoms with Gasteiger partial charge in [0.05, 0.1) is 5.56 Å². The number of aromatic carboxylic acids is 1. The maximum Gasteiger partial charge on any atom is 0.337 e. The Kier molecular flexibility index (Phi) is 2.51. The number of carboxylic acids is 1. The minimum Gasteiger partial charge on any atom is -0.478 e. The van der Waals surface area contributed by atoms with Gasteiger partial charge >= 0.3 is 5.97 Å². The lowest BCUT2D eigenvalue weighted by molar-refractivity contribution is 0.0696. The van der Waals surface area contributed by atoms with Gasteiger partial charge in [-0.1, -0.05) is 0 Å². The van der Waals surface area contributed by atoms with E-state index in [4.69, 9.17) is 5.11 Å². The number of hydrogen-bond donors (Lipinski definition) is 1. The zero-order chi connectivity index (χ0) is 11.8. The van der Waals surface area contributed by atoms with Crippen LogP contribution in [-0.2, 0) is 0 Å². The zero-order valence-corrected chi connectivity index (χ0v) is 9.85. The van der Waals surface area contributed by atoms with E-state index in [-0.39, 0.29) is 5.56 Å². The predicted molar refractivity (Wildman–Crippen MR) is 64.6 cm³/mol. The van der Waals surface area contributed by atoms with Crippen molar-refractivity contribution in [1.29, 1.82) is 0 Å². The molecule has 0 aliphatic carbocycles. The molecule has 0 spiro atoms. The number of thioether (sulfide) groups is 1. The molecule has 17 heavy (non-hydrogen) atoms. The van der Waals surface area contributed by atoms with Crippen LogP contribution in [0.4, 0.5) is 0 Å². The molecule has 1 unspecified atom stereocenters. The molecule has 3 heterocycles. The molecular formula is C11H11N3O2S. The fourth-order valence-corrected chi connectivity index (χ4v) is 3.16. The molecule has 3 rings (SSSR count). The number of nitrogens with zero attached hydrogens (tertiary/aromatic N) is 3. The third-order valence-electron chi connectivity index (χ3n) is 2.89. The number of carboxylic acid groups (broad SMARTS) is 1. The van der Waals surface area contributed by atoms with E-state index in [9.17, 15) is 4.79 Å². The molecule has 0 aromatic carbocycles. The van der Waals surface area contributed by atoms with Gasteiger partial charge in [-0.2, -0.15) is 16.9 Å². The van der Waals surface area contributed by atoms with E-state index < -0.39 is 5.97 Å². The van der Waals surface area contributed by atoms with Gasteiger partial charge < -0.3 is 5.11 Å². The first-order valence-electron chi connectivity index (χ1n) is 5.41. The first-order chi connectivity index (χ1) is 8.24. The van der Waals surface area contributed by atoms with Crippen LogP contribution in [0, 0.1) is 0 Å². The maximum atomic E-state index is 10.8. The smallest absolute Gasteiger partial charge is 0.337 e. The molecule has 0 radical (unpaired) electrons. The van der Waals surface area contributed by atoms with E-state index in [2.05, 4.69) is 10.1 Å². The fourth-order valence-electron chi connectivity index (χ4n) is 1.94. The Bertz CT molecular complexity index is 575. The lowest BCUT2D eigenvalue weighted by Crippen LogP contribution is -2.01. The number of fused-ring (bicyclic) bond motifs is 1. The summed E-state index contributed by atoms with van der Waals surface area (Å²) < 4.78 is 1.56. The highest BCUT2D eigenvalue weighted by atomic mass is 32.2. The highest BCUT2D eigenvalue weighted by Crippen LogP contribution is 2.30. The van der Waals surface area contributed by atoms with Gasteiger partial charge in [0.2, 0.25) is 0 Å². The molecule has 1 fully saturated rings. The van der Waals surface area contributed by atoms with E-state index in [1.807, 2.05) is 11.8 Å². The summed E-state index contributed by atoms with van der Waals surface area (Å²) in [6, 6.07) is 3.25. The molecule has 6 heteroatoms. The van der Waals surface area contributed by atoms with Crippen molar-refractivity contribution in [3.8, 4) is 0 Å². The summed E-state index contributed by atoms with van der Waals surface area (Å²) >= 11 is 1.91. The summed E-state index contributed by atoms with van der Waals surface area (Å²) in [5, 5.41) is 13.3. The van der Waals surface area contributed by atoms with Crippen molar-refractivity contribution in [1.82, 2.24) is 14.6 Å². The summed E-state index contributed by atoms with van der Waals surface area (Å²) in [5.41, 5.74) is 0.941. The average molecular weight is 249 g/mol. The van der Waals surface area contributed by atoms with Crippen LogP contribution >= 0.6 is 11.8 Å². The Balaban J connectivity index is 2.03. The first-order valence-corrected chi connectivity index (χ1v) is 6.57. The second-order valence-corrected chi connectivity index (χ2v) is 5.21. The molecule has 1 aliphatic rings. The number of carbonyl (C=O) groups is 1. The second-order valence-electron chi connectivity index (χ2n) is 4.06. The quantitative estimate of drug-likeness (QED) is 0.876. The summed E-state index contributed by atoms with van der Waals surface area (Å²) in [4.78, 5) is 15.3. The number of hydrogen-bond acceptors (Lipinski definition) is 4. The number of aromatic nitrogens is 3. The molecule has 2 aromatic heterocycles. The number of rotatable bonds is 2. The number of pyridine rings is 1. The Morgan fingerprint density at radius 2 is 2.41 bits per heavy atom. The van der Waals surface area contributed by atoms with Gasteiger partial charge in [0.1, 0.15) is 0 Å². The van der Waals surface area contributed by atoms with Crippen LogP contribution in [-0.4, -0.2) is 37.2 Å². The van der Waals surface area contributed by atoms with Gasteiger partial charge in [0.25, 0.3) is 0 Å². The normalized spacial score (nSPS) is 19.9. The van der Waals surface area contributed by atoms with Crippen LogP contribution in [0.5, 0.6) is 0 Å². The van der Waals surface area contributed by atoms with E-state index in [1.54, 1.807) is 16.6 Å². The summed E-state index contributed by atoms with van der Waals surface area (Å²) in [6.07, 6.45) is 2.61. The third-order valence-corrected chi connectivity index (χ3v) is 4.05. The van der Waals surface area contributed by atoms with E-state index in [1.165, 1.54) is 6.20 Å². The molecular weight excluding hydrogens is 238 g/mol. The van der Waals surface area contributed by atoms with Crippen molar-refractivity contribution < 1.29 is 9.90 Å². The lowest BCUT2D eigenvalue weighted by Gasteiger charge is -1.99. The van der Waals surface area contributed by atoms with Gasteiger partial charge in [-0.25, -0.2) is 14.3 Å². The Labute approximate surface area is 102 Å². The Morgan fingerprint density at radius 1 is 1.53 bits per heavy atom. The van der Waals surface area contributed by atoms with E-state index in [0.717, 1.165) is 23.8 Å². The molecule has 5 nitrogen and oxygen atoms in total. The largest absolute Gasteiger partial charge is 0.478 e. The topological polar surface area (TPSA) is 67.5 Å². The molecule has 2 aromatic rings. The molecule has 1 saturated heterocycles. The molecule has 0 saturated carbocycles. The molecule has 1 aliphatic heterocycles. The van der Waals surface area contributed by atoms with Crippen molar-refractivity contribution in [3.63, 3.8) is 0 Å². The minimum absolute atomic E-state index is 0.231.